The number of piperidine rings is 1. The largest absolute Gasteiger partial charge is 0.351 e. The molecule has 3 aliphatic rings. The Balaban J connectivity index is 0.00000235. The third-order valence-electron chi connectivity index (χ3n) is 10.7. The number of likely N-dealkylation sites (tertiary alicyclic amines) is 2. The lowest BCUT2D eigenvalue weighted by atomic mass is 9.73. The molecule has 1 unspecified atom stereocenters. The van der Waals surface area contributed by atoms with Crippen molar-refractivity contribution >= 4 is 23.4 Å². The summed E-state index contributed by atoms with van der Waals surface area (Å²) in [5.41, 5.74) is 3.23. The van der Waals surface area contributed by atoms with E-state index in [0.717, 1.165) is 48.9 Å². The number of benzene rings is 2. The maximum Gasteiger partial charge on any atom is 0.226 e. The topological polar surface area (TPSA) is 52.7 Å². The highest BCUT2D eigenvalue weighted by Crippen LogP contribution is 2.56. The molecule has 1 spiro atoms. The summed E-state index contributed by atoms with van der Waals surface area (Å²) in [5.74, 6) is -1.80. The molecule has 0 saturated carbocycles. The van der Waals surface area contributed by atoms with E-state index in [1.807, 2.05) is 25.7 Å². The third kappa shape index (κ3) is 7.31. The number of halogens is 3. The van der Waals surface area contributed by atoms with Gasteiger partial charge in [0.2, 0.25) is 11.8 Å². The van der Waals surface area contributed by atoms with E-state index in [4.69, 9.17) is 11.6 Å². The summed E-state index contributed by atoms with van der Waals surface area (Å²) >= 11 is 6.65. The zero-order valence-corrected chi connectivity index (χ0v) is 30.1. The van der Waals surface area contributed by atoms with Crippen molar-refractivity contribution < 1.29 is 18.4 Å². The standard InChI is InChI=1S/C36H48ClF2N3O2.C2H6/c1-22-17-29-27(19-31(22)37)30(35(6,7)40-23(2)43)20-36(29)12-8-14-41(16-13-36)33(44)26-11-15-42(34(3,4)5)21-28(26)25-10-9-24(38)18-32(25)39;1-2/h9-10,17-19,26,28,30H,8,11-16,20-21H2,1-7H3,(H,40,43);1-2H3/t26-,28+,30-,36?;/m1./s1. The van der Waals surface area contributed by atoms with E-state index >= 15 is 4.39 Å². The number of hydrogen-bond acceptors (Lipinski definition) is 3. The Kier molecular flexibility index (Phi) is 11.0. The number of carbonyl (C=O) groups is 2. The highest BCUT2D eigenvalue weighted by Gasteiger charge is 2.50. The van der Waals surface area contributed by atoms with Crippen LogP contribution >= 0.6 is 11.6 Å². The average molecular weight is 658 g/mol. The van der Waals surface area contributed by atoms with E-state index < -0.39 is 17.2 Å². The van der Waals surface area contributed by atoms with Gasteiger partial charge >= 0.3 is 0 Å². The molecule has 254 valence electrons. The van der Waals surface area contributed by atoms with Crippen LogP contribution in [0.2, 0.25) is 5.02 Å². The van der Waals surface area contributed by atoms with Crippen molar-refractivity contribution in [3.8, 4) is 0 Å². The fourth-order valence-electron chi connectivity index (χ4n) is 8.34. The lowest BCUT2D eigenvalue weighted by Crippen LogP contribution is -2.52. The second kappa shape index (κ2) is 13.9. The second-order valence-electron chi connectivity index (χ2n) is 15.1. The van der Waals surface area contributed by atoms with E-state index in [-0.39, 0.29) is 40.5 Å². The van der Waals surface area contributed by atoms with E-state index in [9.17, 15) is 14.0 Å². The molecule has 4 atom stereocenters. The lowest BCUT2D eigenvalue weighted by Gasteiger charge is -2.45. The summed E-state index contributed by atoms with van der Waals surface area (Å²) in [6.45, 7) is 20.7. The van der Waals surface area contributed by atoms with Crippen LogP contribution in [0, 0.1) is 24.5 Å². The maximum absolute atomic E-state index is 15.2. The molecule has 2 aromatic rings. The third-order valence-corrected chi connectivity index (χ3v) is 11.1. The van der Waals surface area contributed by atoms with Gasteiger partial charge in [-0.25, -0.2) is 8.78 Å². The fraction of sp³-hybridized carbons (Fsp3) is 0.632. The molecule has 5 rings (SSSR count). The van der Waals surface area contributed by atoms with Crippen LogP contribution in [0.3, 0.4) is 0 Å². The predicted molar refractivity (Wildman–Crippen MR) is 183 cm³/mol. The summed E-state index contributed by atoms with van der Waals surface area (Å²) in [6.07, 6.45) is 4.12. The van der Waals surface area contributed by atoms with Crippen LogP contribution in [0.1, 0.15) is 122 Å². The van der Waals surface area contributed by atoms with Crippen molar-refractivity contribution in [3.05, 3.63) is 69.2 Å². The first-order valence-corrected chi connectivity index (χ1v) is 17.5. The number of aryl methyl sites for hydroxylation is 1. The molecule has 1 aliphatic carbocycles. The Morgan fingerprint density at radius 2 is 1.67 bits per heavy atom. The van der Waals surface area contributed by atoms with Crippen molar-refractivity contribution in [2.24, 2.45) is 5.92 Å². The van der Waals surface area contributed by atoms with Gasteiger partial charge in [-0.2, -0.15) is 0 Å². The normalized spacial score (nSPS) is 25.4. The van der Waals surface area contributed by atoms with E-state index in [1.54, 1.807) is 6.92 Å². The van der Waals surface area contributed by atoms with Gasteiger partial charge in [0, 0.05) is 66.5 Å². The minimum absolute atomic E-state index is 0.0574. The molecule has 2 heterocycles. The van der Waals surface area contributed by atoms with Crippen LogP contribution < -0.4 is 5.32 Å². The first kappa shape index (κ1) is 36.3. The molecular weight excluding hydrogens is 604 g/mol. The van der Waals surface area contributed by atoms with Gasteiger partial charge in [-0.15, -0.1) is 0 Å². The molecule has 2 aromatic carbocycles. The van der Waals surface area contributed by atoms with Crippen molar-refractivity contribution in [2.45, 2.75) is 123 Å². The van der Waals surface area contributed by atoms with Crippen LogP contribution in [-0.4, -0.2) is 58.9 Å². The minimum Gasteiger partial charge on any atom is -0.351 e. The van der Waals surface area contributed by atoms with Gasteiger partial charge in [0.1, 0.15) is 11.6 Å². The highest BCUT2D eigenvalue weighted by atomic mass is 35.5. The predicted octanol–water partition coefficient (Wildman–Crippen LogP) is 8.51. The molecule has 5 nitrogen and oxygen atoms in total. The number of hydrogen-bond donors (Lipinski definition) is 1. The van der Waals surface area contributed by atoms with Gasteiger partial charge in [-0.1, -0.05) is 37.6 Å². The quantitative estimate of drug-likeness (QED) is 0.359. The van der Waals surface area contributed by atoms with Crippen LogP contribution in [0.15, 0.2) is 30.3 Å². The van der Waals surface area contributed by atoms with Gasteiger partial charge in [0.05, 0.1) is 0 Å². The fourth-order valence-corrected chi connectivity index (χ4v) is 8.51. The number of nitrogens with one attached hydrogen (secondary N) is 1. The Morgan fingerprint density at radius 1 is 0.978 bits per heavy atom. The number of nitrogens with zero attached hydrogens (tertiary/aromatic N) is 2. The Bertz CT molecular complexity index is 1440. The zero-order chi connectivity index (χ0) is 34.2. The molecule has 8 heteroatoms. The molecule has 1 N–H and O–H groups in total. The van der Waals surface area contributed by atoms with Crippen LogP contribution in [0.4, 0.5) is 8.78 Å². The molecule has 0 aromatic heterocycles. The summed E-state index contributed by atoms with van der Waals surface area (Å²) in [4.78, 5) is 30.8. The average Bonchev–Trinajstić information content (AvgIpc) is 3.12. The Morgan fingerprint density at radius 3 is 2.30 bits per heavy atom. The van der Waals surface area contributed by atoms with Crippen molar-refractivity contribution in [1.82, 2.24) is 15.1 Å². The molecular formula is C38H54ClF2N3O2. The highest BCUT2D eigenvalue weighted by molar-refractivity contribution is 6.31. The zero-order valence-electron chi connectivity index (χ0n) is 29.3. The number of amides is 2. The monoisotopic (exact) mass is 657 g/mol. The number of fused-ring (bicyclic) bond motifs is 2. The van der Waals surface area contributed by atoms with Gasteiger partial charge in [0.15, 0.2) is 0 Å². The summed E-state index contributed by atoms with van der Waals surface area (Å²) < 4.78 is 29.1. The smallest absolute Gasteiger partial charge is 0.226 e. The van der Waals surface area contributed by atoms with Crippen LogP contribution in [-0.2, 0) is 15.0 Å². The first-order chi connectivity index (χ1) is 21.5. The molecule has 2 aliphatic heterocycles. The molecule has 2 amide bonds. The van der Waals surface area contributed by atoms with Gasteiger partial charge in [-0.3, -0.25) is 14.5 Å². The van der Waals surface area contributed by atoms with E-state index in [0.29, 0.717) is 31.6 Å². The van der Waals surface area contributed by atoms with Gasteiger partial charge in [0.25, 0.3) is 0 Å². The van der Waals surface area contributed by atoms with E-state index in [2.05, 4.69) is 57.0 Å². The molecule has 2 fully saturated rings. The van der Waals surface area contributed by atoms with Gasteiger partial charge < -0.3 is 10.2 Å². The molecule has 0 bridgehead atoms. The molecule has 46 heavy (non-hydrogen) atoms. The Labute approximate surface area is 280 Å². The number of carbonyl (C=O) groups excluding carboxylic acids is 2. The maximum atomic E-state index is 15.2. The van der Waals surface area contributed by atoms with Crippen molar-refractivity contribution in [1.29, 1.82) is 0 Å². The van der Waals surface area contributed by atoms with Crippen LogP contribution in [0.25, 0.3) is 0 Å². The van der Waals surface area contributed by atoms with Gasteiger partial charge in [-0.05, 0) is 120 Å². The van der Waals surface area contributed by atoms with Crippen molar-refractivity contribution in [2.75, 3.05) is 26.2 Å². The summed E-state index contributed by atoms with van der Waals surface area (Å²) in [7, 11) is 0. The lowest BCUT2D eigenvalue weighted by molar-refractivity contribution is -0.138. The van der Waals surface area contributed by atoms with Crippen LogP contribution in [0.5, 0.6) is 0 Å². The summed E-state index contributed by atoms with van der Waals surface area (Å²) in [6, 6.07) is 8.09. The second-order valence-corrected chi connectivity index (χ2v) is 15.5. The van der Waals surface area contributed by atoms with E-state index in [1.165, 1.54) is 23.3 Å². The minimum atomic E-state index is -0.608. The first-order valence-electron chi connectivity index (χ1n) is 17.1. The van der Waals surface area contributed by atoms with Crippen molar-refractivity contribution in [3.63, 3.8) is 0 Å². The Hall–Kier alpha value is -2.51. The number of rotatable bonds is 4. The molecule has 2 saturated heterocycles. The summed E-state index contributed by atoms with van der Waals surface area (Å²) in [5, 5.41) is 3.91. The molecule has 0 radical (unpaired) electrons. The SMILES string of the molecule is CC.CC(=O)NC(C)(C)[C@@H]1CC2(CCCN(C(=O)[C@@H]3CCN(C(C)(C)C)C[C@H]3c3ccc(F)cc3F)CC2)c2cc(C)c(Cl)cc21.